The molecular weight excluding hydrogens is 236 g/mol. The first kappa shape index (κ1) is 11.8. The van der Waals surface area contributed by atoms with E-state index >= 15 is 0 Å². The molecule has 3 aromatic rings. The van der Waals surface area contributed by atoms with Crippen LogP contribution >= 0.6 is 0 Å². The fourth-order valence-corrected chi connectivity index (χ4v) is 2.25. The molecule has 3 rings (SSSR count). The maximum Gasteiger partial charge on any atom is 0.138 e. The fourth-order valence-electron chi connectivity index (χ4n) is 2.25. The quantitative estimate of drug-likeness (QED) is 0.713. The van der Waals surface area contributed by atoms with Crippen molar-refractivity contribution in [3.05, 3.63) is 60.0 Å². The first-order chi connectivity index (χ1) is 9.24. The molecule has 0 amide bonds. The van der Waals surface area contributed by atoms with Gasteiger partial charge in [0.25, 0.3) is 0 Å². The number of hydrogen-bond donors (Lipinski definition) is 0. The standard InChI is InChI=1S/C16H16N2O/c1-12-5-6-16-13(8-12)9-14(18(16)2)11-19-15-4-3-7-17-10-15/h3-10H,11H2,1-2H3. The van der Waals surface area contributed by atoms with Gasteiger partial charge in [-0.2, -0.15) is 0 Å². The van der Waals surface area contributed by atoms with Crippen LogP contribution in [0, 0.1) is 6.92 Å². The van der Waals surface area contributed by atoms with Crippen LogP contribution in [0.25, 0.3) is 10.9 Å². The molecule has 2 heterocycles. The molecule has 0 atom stereocenters. The van der Waals surface area contributed by atoms with E-state index in [0.29, 0.717) is 6.61 Å². The molecule has 0 aliphatic rings. The highest BCUT2D eigenvalue weighted by Crippen LogP contribution is 2.21. The van der Waals surface area contributed by atoms with Gasteiger partial charge in [0.1, 0.15) is 12.4 Å². The zero-order valence-electron chi connectivity index (χ0n) is 11.1. The molecule has 0 saturated carbocycles. The molecule has 0 spiro atoms. The van der Waals surface area contributed by atoms with Crippen LogP contribution in [0.1, 0.15) is 11.3 Å². The van der Waals surface area contributed by atoms with E-state index in [1.54, 1.807) is 12.4 Å². The van der Waals surface area contributed by atoms with Crippen LogP contribution in [-0.2, 0) is 13.7 Å². The third-order valence-corrected chi connectivity index (χ3v) is 3.32. The number of ether oxygens (including phenoxy) is 1. The van der Waals surface area contributed by atoms with Crippen molar-refractivity contribution in [2.75, 3.05) is 0 Å². The summed E-state index contributed by atoms with van der Waals surface area (Å²) in [6, 6.07) is 12.5. The Bertz CT molecular complexity index is 701. The lowest BCUT2D eigenvalue weighted by molar-refractivity contribution is 0.296. The predicted molar refractivity (Wildman–Crippen MR) is 76.2 cm³/mol. The monoisotopic (exact) mass is 252 g/mol. The second-order valence-electron chi connectivity index (χ2n) is 4.73. The van der Waals surface area contributed by atoms with Crippen molar-refractivity contribution < 1.29 is 4.74 Å². The molecule has 0 unspecified atom stereocenters. The lowest BCUT2D eigenvalue weighted by Crippen LogP contribution is -2.01. The fraction of sp³-hybridized carbons (Fsp3) is 0.188. The van der Waals surface area contributed by atoms with E-state index in [9.17, 15) is 0 Å². The number of hydrogen-bond acceptors (Lipinski definition) is 2. The molecular formula is C16H16N2O. The van der Waals surface area contributed by atoms with Gasteiger partial charge >= 0.3 is 0 Å². The topological polar surface area (TPSA) is 27.1 Å². The van der Waals surface area contributed by atoms with E-state index in [1.165, 1.54) is 16.5 Å². The number of aryl methyl sites for hydroxylation is 2. The SMILES string of the molecule is Cc1ccc2c(c1)cc(COc1cccnc1)n2C. The Balaban J connectivity index is 1.87. The summed E-state index contributed by atoms with van der Waals surface area (Å²) in [5.41, 5.74) is 3.66. The van der Waals surface area contributed by atoms with E-state index in [4.69, 9.17) is 4.74 Å². The van der Waals surface area contributed by atoms with Crippen LogP contribution in [0.15, 0.2) is 48.8 Å². The van der Waals surface area contributed by atoms with Gasteiger partial charge in [-0.3, -0.25) is 4.98 Å². The molecule has 0 fully saturated rings. The minimum atomic E-state index is 0.552. The number of aromatic nitrogens is 2. The highest BCUT2D eigenvalue weighted by Gasteiger charge is 2.06. The summed E-state index contributed by atoms with van der Waals surface area (Å²) in [5, 5.41) is 1.26. The first-order valence-electron chi connectivity index (χ1n) is 6.32. The van der Waals surface area contributed by atoms with Gasteiger partial charge < -0.3 is 9.30 Å². The van der Waals surface area contributed by atoms with Gasteiger partial charge in [0, 0.05) is 24.1 Å². The van der Waals surface area contributed by atoms with Crippen molar-refractivity contribution >= 4 is 10.9 Å². The smallest absolute Gasteiger partial charge is 0.138 e. The summed E-state index contributed by atoms with van der Waals surface area (Å²) in [5.74, 6) is 0.795. The lowest BCUT2D eigenvalue weighted by atomic mass is 10.2. The van der Waals surface area contributed by atoms with E-state index in [1.807, 2.05) is 12.1 Å². The minimum absolute atomic E-state index is 0.552. The van der Waals surface area contributed by atoms with Crippen molar-refractivity contribution in [2.24, 2.45) is 7.05 Å². The van der Waals surface area contributed by atoms with Crippen LogP contribution in [0.3, 0.4) is 0 Å². The van der Waals surface area contributed by atoms with Crippen molar-refractivity contribution in [3.63, 3.8) is 0 Å². The summed E-state index contributed by atoms with van der Waals surface area (Å²) in [4.78, 5) is 4.04. The molecule has 3 heteroatoms. The molecule has 19 heavy (non-hydrogen) atoms. The summed E-state index contributed by atoms with van der Waals surface area (Å²) in [6.45, 7) is 2.66. The normalized spacial score (nSPS) is 10.8. The van der Waals surface area contributed by atoms with Crippen molar-refractivity contribution in [2.45, 2.75) is 13.5 Å². The summed E-state index contributed by atoms with van der Waals surface area (Å²) < 4.78 is 7.92. The lowest BCUT2D eigenvalue weighted by Gasteiger charge is -2.06. The maximum absolute atomic E-state index is 5.75. The zero-order valence-corrected chi connectivity index (χ0v) is 11.1. The van der Waals surface area contributed by atoms with Crippen LogP contribution in [-0.4, -0.2) is 9.55 Å². The summed E-state index contributed by atoms with van der Waals surface area (Å²) >= 11 is 0. The third-order valence-electron chi connectivity index (χ3n) is 3.32. The Morgan fingerprint density at radius 3 is 2.89 bits per heavy atom. The van der Waals surface area contributed by atoms with Gasteiger partial charge in [-0.25, -0.2) is 0 Å². The number of fused-ring (bicyclic) bond motifs is 1. The molecule has 0 N–H and O–H groups in total. The molecule has 1 aromatic carbocycles. The van der Waals surface area contributed by atoms with Gasteiger partial charge in [0.05, 0.1) is 11.9 Å². The van der Waals surface area contributed by atoms with Gasteiger partial charge in [0.2, 0.25) is 0 Å². The number of benzene rings is 1. The maximum atomic E-state index is 5.75. The van der Waals surface area contributed by atoms with Gasteiger partial charge in [0.15, 0.2) is 0 Å². The number of pyridine rings is 1. The predicted octanol–water partition coefficient (Wildman–Crippen LogP) is 3.46. The van der Waals surface area contributed by atoms with Crippen LogP contribution in [0.4, 0.5) is 0 Å². The largest absolute Gasteiger partial charge is 0.486 e. The van der Waals surface area contributed by atoms with Crippen molar-refractivity contribution in [1.29, 1.82) is 0 Å². The molecule has 0 aliphatic carbocycles. The second-order valence-corrected chi connectivity index (χ2v) is 4.73. The summed E-state index contributed by atoms with van der Waals surface area (Å²) in [6.07, 6.45) is 3.47. The van der Waals surface area contributed by atoms with Gasteiger partial charge in [-0.1, -0.05) is 11.6 Å². The minimum Gasteiger partial charge on any atom is -0.486 e. The highest BCUT2D eigenvalue weighted by atomic mass is 16.5. The molecule has 0 saturated heterocycles. The molecule has 2 aromatic heterocycles. The van der Waals surface area contributed by atoms with Gasteiger partial charge in [-0.05, 0) is 37.3 Å². The molecule has 0 radical (unpaired) electrons. The Morgan fingerprint density at radius 2 is 2.11 bits per heavy atom. The van der Waals surface area contributed by atoms with E-state index in [0.717, 1.165) is 11.4 Å². The summed E-state index contributed by atoms with van der Waals surface area (Å²) in [7, 11) is 2.07. The average molecular weight is 252 g/mol. The Morgan fingerprint density at radius 1 is 1.21 bits per heavy atom. The van der Waals surface area contributed by atoms with Crippen molar-refractivity contribution in [1.82, 2.24) is 9.55 Å². The van der Waals surface area contributed by atoms with Crippen LogP contribution in [0.5, 0.6) is 5.75 Å². The van der Waals surface area contributed by atoms with Crippen LogP contribution < -0.4 is 4.74 Å². The number of nitrogens with zero attached hydrogens (tertiary/aromatic N) is 2. The van der Waals surface area contributed by atoms with Gasteiger partial charge in [-0.15, -0.1) is 0 Å². The third kappa shape index (κ3) is 2.32. The second kappa shape index (κ2) is 4.76. The molecule has 0 aliphatic heterocycles. The zero-order chi connectivity index (χ0) is 13.2. The Hall–Kier alpha value is -2.29. The van der Waals surface area contributed by atoms with E-state index in [-0.39, 0.29) is 0 Å². The first-order valence-corrected chi connectivity index (χ1v) is 6.32. The molecule has 3 nitrogen and oxygen atoms in total. The average Bonchev–Trinajstić information content (AvgIpc) is 2.74. The van der Waals surface area contributed by atoms with E-state index in [2.05, 4.69) is 47.8 Å². The van der Waals surface area contributed by atoms with Crippen LogP contribution in [0.2, 0.25) is 0 Å². The highest BCUT2D eigenvalue weighted by molar-refractivity contribution is 5.82. The van der Waals surface area contributed by atoms with Crippen molar-refractivity contribution in [3.8, 4) is 5.75 Å². The molecule has 96 valence electrons. The molecule has 0 bridgehead atoms. The Kier molecular flexibility index (Phi) is 2.95. The Labute approximate surface area is 112 Å². The van der Waals surface area contributed by atoms with E-state index < -0.39 is 0 Å². The number of rotatable bonds is 3.